The molecule has 2 aromatic rings. The molecule has 1 fully saturated rings. The molecule has 0 unspecified atom stereocenters. The van der Waals surface area contributed by atoms with Crippen molar-refractivity contribution < 1.29 is 0 Å². The molecule has 0 atom stereocenters. The Hall–Kier alpha value is -1.79. The van der Waals surface area contributed by atoms with Gasteiger partial charge in [0.2, 0.25) is 0 Å². The van der Waals surface area contributed by atoms with E-state index in [1.807, 2.05) is 18.2 Å². The first-order valence-electron chi connectivity index (χ1n) is 5.99. The molecule has 0 bridgehead atoms. The van der Waals surface area contributed by atoms with Crippen LogP contribution in [-0.4, -0.2) is 10.2 Å². The maximum atomic E-state index is 9.09. The van der Waals surface area contributed by atoms with E-state index in [1.54, 1.807) is 18.0 Å². The zero-order valence-corrected chi connectivity index (χ0v) is 10.7. The Labute approximate surface area is 111 Å². The molecule has 1 aromatic carbocycles. The molecule has 1 aliphatic carbocycles. The molecule has 1 saturated carbocycles. The van der Waals surface area contributed by atoms with E-state index in [4.69, 9.17) is 5.26 Å². The van der Waals surface area contributed by atoms with Crippen LogP contribution in [0.2, 0.25) is 0 Å². The lowest BCUT2D eigenvalue weighted by Crippen LogP contribution is -1.90. The van der Waals surface area contributed by atoms with Gasteiger partial charge in [-0.15, -0.1) is 11.8 Å². The van der Waals surface area contributed by atoms with E-state index in [2.05, 4.69) is 29.3 Å². The Morgan fingerprint density at radius 1 is 1.17 bits per heavy atom. The summed E-state index contributed by atoms with van der Waals surface area (Å²) in [5.74, 6) is 0. The topological polar surface area (TPSA) is 36.7 Å². The number of hydrogen-bond donors (Lipinski definition) is 0. The summed E-state index contributed by atoms with van der Waals surface area (Å²) in [6.45, 7) is 0. The highest BCUT2D eigenvalue weighted by atomic mass is 32.2. The van der Waals surface area contributed by atoms with Gasteiger partial charge in [-0.2, -0.15) is 5.26 Å². The highest BCUT2D eigenvalue weighted by Crippen LogP contribution is 2.40. The smallest absolute Gasteiger partial charge is 0.154 e. The summed E-state index contributed by atoms with van der Waals surface area (Å²) in [4.78, 5) is 5.29. The number of hydrogen-bond acceptors (Lipinski definition) is 3. The minimum Gasteiger partial charge on any atom is -0.244 e. The van der Waals surface area contributed by atoms with Crippen molar-refractivity contribution in [3.63, 3.8) is 0 Å². The third-order valence-corrected chi connectivity index (χ3v) is 4.25. The van der Waals surface area contributed by atoms with E-state index < -0.39 is 0 Å². The highest BCUT2D eigenvalue weighted by molar-refractivity contribution is 8.00. The van der Waals surface area contributed by atoms with Crippen LogP contribution in [0.5, 0.6) is 0 Å². The first-order valence-corrected chi connectivity index (χ1v) is 6.87. The molecule has 2 nitrogen and oxygen atoms in total. The molecule has 88 valence electrons. The predicted octanol–water partition coefficient (Wildman–Crippen LogP) is 3.87. The maximum absolute atomic E-state index is 9.09. The van der Waals surface area contributed by atoms with Gasteiger partial charge >= 0.3 is 0 Å². The van der Waals surface area contributed by atoms with Crippen LogP contribution in [0.15, 0.2) is 47.5 Å². The van der Waals surface area contributed by atoms with Crippen molar-refractivity contribution in [2.24, 2.45) is 0 Å². The highest BCUT2D eigenvalue weighted by Gasteiger charge is 2.24. The van der Waals surface area contributed by atoms with Gasteiger partial charge in [-0.3, -0.25) is 0 Å². The summed E-state index contributed by atoms with van der Waals surface area (Å²) in [5.41, 5.74) is 2.77. The van der Waals surface area contributed by atoms with Gasteiger partial charge < -0.3 is 0 Å². The predicted molar refractivity (Wildman–Crippen MR) is 73.3 cm³/mol. The van der Waals surface area contributed by atoms with Gasteiger partial charge in [0, 0.05) is 21.9 Å². The number of nitriles is 1. The fourth-order valence-electron chi connectivity index (χ4n) is 1.77. The summed E-state index contributed by atoms with van der Waals surface area (Å²) >= 11 is 1.78. The van der Waals surface area contributed by atoms with E-state index in [1.165, 1.54) is 12.8 Å². The number of nitrogens with zero attached hydrogens (tertiary/aromatic N) is 2. The van der Waals surface area contributed by atoms with Crippen LogP contribution in [0.25, 0.3) is 11.1 Å². The Kier molecular flexibility index (Phi) is 3.04. The van der Waals surface area contributed by atoms with Gasteiger partial charge in [-0.05, 0) is 24.5 Å². The lowest BCUT2D eigenvalue weighted by Gasteiger charge is -2.06. The van der Waals surface area contributed by atoms with Crippen LogP contribution < -0.4 is 0 Å². The van der Waals surface area contributed by atoms with Crippen LogP contribution in [0, 0.1) is 11.3 Å². The SMILES string of the molecule is N#Cc1ncc(-c2ccccc2)cc1SC1CC1. The molecular weight excluding hydrogens is 240 g/mol. The lowest BCUT2D eigenvalue weighted by atomic mass is 10.1. The van der Waals surface area contributed by atoms with Crippen LogP contribution >= 0.6 is 11.8 Å². The third kappa shape index (κ3) is 2.39. The monoisotopic (exact) mass is 252 g/mol. The Bertz CT molecular complexity index is 598. The van der Waals surface area contributed by atoms with E-state index in [9.17, 15) is 0 Å². The van der Waals surface area contributed by atoms with E-state index >= 15 is 0 Å². The van der Waals surface area contributed by atoms with Gasteiger partial charge in [0.1, 0.15) is 6.07 Å². The number of aromatic nitrogens is 1. The quantitative estimate of drug-likeness (QED) is 0.832. The summed E-state index contributed by atoms with van der Waals surface area (Å²) in [7, 11) is 0. The average molecular weight is 252 g/mol. The van der Waals surface area contributed by atoms with E-state index in [0.717, 1.165) is 16.0 Å². The summed E-state index contributed by atoms with van der Waals surface area (Å²) in [6, 6.07) is 14.4. The van der Waals surface area contributed by atoms with Crippen molar-refractivity contribution >= 4 is 11.8 Å². The Morgan fingerprint density at radius 3 is 2.61 bits per heavy atom. The largest absolute Gasteiger partial charge is 0.244 e. The molecule has 0 radical (unpaired) electrons. The zero-order valence-electron chi connectivity index (χ0n) is 9.84. The van der Waals surface area contributed by atoms with E-state index in [-0.39, 0.29) is 0 Å². The standard InChI is InChI=1S/C15H12N2S/c16-9-14-15(18-13-6-7-13)8-12(10-17-14)11-4-2-1-3-5-11/h1-5,8,10,13H,6-7H2. The van der Waals surface area contributed by atoms with Gasteiger partial charge in [0.25, 0.3) is 0 Å². The summed E-state index contributed by atoms with van der Waals surface area (Å²) in [6.07, 6.45) is 4.29. The molecule has 1 aliphatic rings. The molecular formula is C15H12N2S. The second-order valence-electron chi connectivity index (χ2n) is 4.37. The molecule has 0 amide bonds. The minimum atomic E-state index is 0.548. The first-order chi connectivity index (χ1) is 8.86. The van der Waals surface area contributed by atoms with Crippen molar-refractivity contribution in [1.29, 1.82) is 5.26 Å². The van der Waals surface area contributed by atoms with Gasteiger partial charge in [0.15, 0.2) is 5.69 Å². The van der Waals surface area contributed by atoms with Crippen LogP contribution in [0.4, 0.5) is 0 Å². The van der Waals surface area contributed by atoms with Crippen molar-refractivity contribution in [3.8, 4) is 17.2 Å². The normalized spacial score (nSPS) is 14.2. The Morgan fingerprint density at radius 2 is 1.94 bits per heavy atom. The molecule has 0 spiro atoms. The molecule has 1 heterocycles. The fraction of sp³-hybridized carbons (Fsp3) is 0.200. The molecule has 1 aromatic heterocycles. The second-order valence-corrected chi connectivity index (χ2v) is 5.71. The summed E-state index contributed by atoms with van der Waals surface area (Å²) in [5, 5.41) is 9.77. The number of rotatable bonds is 3. The third-order valence-electron chi connectivity index (χ3n) is 2.88. The first kappa shape index (κ1) is 11.3. The molecule has 18 heavy (non-hydrogen) atoms. The average Bonchev–Trinajstić information content (AvgIpc) is 3.24. The second kappa shape index (κ2) is 4.83. The van der Waals surface area contributed by atoms with E-state index in [0.29, 0.717) is 10.9 Å². The fourth-order valence-corrected chi connectivity index (χ4v) is 2.91. The van der Waals surface area contributed by atoms with Crippen molar-refractivity contribution in [1.82, 2.24) is 4.98 Å². The number of pyridine rings is 1. The van der Waals surface area contributed by atoms with Crippen molar-refractivity contribution in [2.45, 2.75) is 23.0 Å². The molecule has 3 rings (SSSR count). The van der Waals surface area contributed by atoms with Gasteiger partial charge in [0.05, 0.1) is 0 Å². The maximum Gasteiger partial charge on any atom is 0.154 e. The van der Waals surface area contributed by atoms with Gasteiger partial charge in [-0.25, -0.2) is 4.98 Å². The van der Waals surface area contributed by atoms with Crippen LogP contribution in [-0.2, 0) is 0 Å². The lowest BCUT2D eigenvalue weighted by molar-refractivity contribution is 1.18. The molecule has 0 aliphatic heterocycles. The van der Waals surface area contributed by atoms with Crippen LogP contribution in [0.1, 0.15) is 18.5 Å². The molecule has 0 saturated heterocycles. The van der Waals surface area contributed by atoms with Gasteiger partial charge in [-0.1, -0.05) is 30.3 Å². The molecule has 0 N–H and O–H groups in total. The Balaban J connectivity index is 1.99. The number of benzene rings is 1. The van der Waals surface area contributed by atoms with Crippen molar-refractivity contribution in [3.05, 3.63) is 48.3 Å². The van der Waals surface area contributed by atoms with Crippen LogP contribution in [0.3, 0.4) is 0 Å². The molecule has 3 heteroatoms. The number of thioether (sulfide) groups is 1. The zero-order chi connectivity index (χ0) is 12.4. The minimum absolute atomic E-state index is 0.548. The summed E-state index contributed by atoms with van der Waals surface area (Å²) < 4.78 is 0. The van der Waals surface area contributed by atoms with Crippen molar-refractivity contribution in [2.75, 3.05) is 0 Å².